The molecule has 0 fully saturated rings. The summed E-state index contributed by atoms with van der Waals surface area (Å²) in [7, 11) is 0. The van der Waals surface area contributed by atoms with E-state index in [0.29, 0.717) is 28.8 Å². The number of nitrogens with one attached hydrogen (secondary N) is 1. The predicted molar refractivity (Wildman–Crippen MR) is 105 cm³/mol. The van der Waals surface area contributed by atoms with E-state index in [4.69, 9.17) is 4.74 Å². The van der Waals surface area contributed by atoms with Crippen LogP contribution in [0, 0.1) is 37.8 Å². The number of carbonyl (C=O) groups is 1. The standard InChI is InChI=1S/C19H20N6O4/c1-11-7-15(5-6-16(11)25(27)28)29-10-18(26)22-17-9-14(4)23-24(17)19-20-12(2)8-13(3)21-19/h5-9H,10H2,1-4H3,(H,22,26). The van der Waals surface area contributed by atoms with Gasteiger partial charge >= 0.3 is 0 Å². The first-order valence-corrected chi connectivity index (χ1v) is 8.80. The number of aryl methyl sites for hydroxylation is 4. The van der Waals surface area contributed by atoms with Crippen molar-refractivity contribution in [2.45, 2.75) is 27.7 Å². The van der Waals surface area contributed by atoms with Crippen molar-refractivity contribution < 1.29 is 14.5 Å². The highest BCUT2D eigenvalue weighted by atomic mass is 16.6. The molecule has 0 aliphatic heterocycles. The van der Waals surface area contributed by atoms with Gasteiger partial charge in [0.25, 0.3) is 17.5 Å². The fourth-order valence-electron chi connectivity index (χ4n) is 2.79. The Hall–Kier alpha value is -3.82. The summed E-state index contributed by atoms with van der Waals surface area (Å²) in [6.07, 6.45) is 0. The molecule has 29 heavy (non-hydrogen) atoms. The minimum atomic E-state index is -0.468. The van der Waals surface area contributed by atoms with Gasteiger partial charge in [-0.2, -0.15) is 9.78 Å². The van der Waals surface area contributed by atoms with E-state index >= 15 is 0 Å². The largest absolute Gasteiger partial charge is 0.484 e. The molecule has 0 radical (unpaired) electrons. The van der Waals surface area contributed by atoms with E-state index in [1.54, 1.807) is 19.9 Å². The first-order chi connectivity index (χ1) is 13.7. The Kier molecular flexibility index (Phi) is 5.53. The second kappa shape index (κ2) is 8.05. The van der Waals surface area contributed by atoms with Crippen molar-refractivity contribution in [1.82, 2.24) is 19.7 Å². The number of ether oxygens (including phenoxy) is 1. The number of aromatic nitrogens is 4. The first-order valence-electron chi connectivity index (χ1n) is 8.80. The smallest absolute Gasteiger partial charge is 0.272 e. The summed E-state index contributed by atoms with van der Waals surface area (Å²) < 4.78 is 6.91. The highest BCUT2D eigenvalue weighted by Gasteiger charge is 2.15. The molecule has 0 aliphatic carbocycles. The monoisotopic (exact) mass is 396 g/mol. The highest BCUT2D eigenvalue weighted by Crippen LogP contribution is 2.23. The van der Waals surface area contributed by atoms with Crippen LogP contribution in [0.25, 0.3) is 5.95 Å². The van der Waals surface area contributed by atoms with Crippen LogP contribution in [0.4, 0.5) is 11.5 Å². The van der Waals surface area contributed by atoms with E-state index in [1.165, 1.54) is 22.9 Å². The number of amides is 1. The summed E-state index contributed by atoms with van der Waals surface area (Å²) in [6, 6.07) is 7.87. The van der Waals surface area contributed by atoms with Crippen LogP contribution in [0.1, 0.15) is 22.6 Å². The number of hydrogen-bond acceptors (Lipinski definition) is 7. The molecule has 0 saturated heterocycles. The third-order valence-electron chi connectivity index (χ3n) is 3.99. The fraction of sp³-hybridized carbons (Fsp3) is 0.263. The van der Waals surface area contributed by atoms with Gasteiger partial charge in [-0.3, -0.25) is 14.9 Å². The summed E-state index contributed by atoms with van der Waals surface area (Å²) >= 11 is 0. The summed E-state index contributed by atoms with van der Waals surface area (Å²) in [5.74, 6) is 0.732. The molecule has 0 unspecified atom stereocenters. The number of rotatable bonds is 6. The van der Waals surface area contributed by atoms with E-state index < -0.39 is 10.8 Å². The molecule has 2 aromatic heterocycles. The van der Waals surface area contributed by atoms with Gasteiger partial charge in [-0.1, -0.05) is 0 Å². The Morgan fingerprint density at radius 3 is 2.41 bits per heavy atom. The van der Waals surface area contributed by atoms with Crippen LogP contribution in [0.3, 0.4) is 0 Å². The molecule has 10 nitrogen and oxygen atoms in total. The van der Waals surface area contributed by atoms with E-state index in [-0.39, 0.29) is 12.3 Å². The lowest BCUT2D eigenvalue weighted by Crippen LogP contribution is -2.22. The highest BCUT2D eigenvalue weighted by molar-refractivity contribution is 5.91. The minimum absolute atomic E-state index is 0.00498. The molecule has 0 saturated carbocycles. The Bertz CT molecular complexity index is 1070. The van der Waals surface area contributed by atoms with Gasteiger partial charge in [0.2, 0.25) is 0 Å². The molecule has 10 heteroatoms. The van der Waals surface area contributed by atoms with Crippen LogP contribution in [0.5, 0.6) is 5.75 Å². The third-order valence-corrected chi connectivity index (χ3v) is 3.99. The van der Waals surface area contributed by atoms with E-state index in [0.717, 1.165) is 11.4 Å². The Labute approximate surface area is 166 Å². The number of anilines is 1. The molecule has 0 spiro atoms. The second-order valence-corrected chi connectivity index (χ2v) is 6.58. The van der Waals surface area contributed by atoms with Crippen molar-refractivity contribution in [2.24, 2.45) is 0 Å². The second-order valence-electron chi connectivity index (χ2n) is 6.58. The van der Waals surface area contributed by atoms with Gasteiger partial charge in [0.05, 0.1) is 10.6 Å². The van der Waals surface area contributed by atoms with Crippen molar-refractivity contribution in [3.63, 3.8) is 0 Å². The number of hydrogen-bond donors (Lipinski definition) is 1. The van der Waals surface area contributed by atoms with Gasteiger partial charge < -0.3 is 10.1 Å². The fourth-order valence-corrected chi connectivity index (χ4v) is 2.79. The third kappa shape index (κ3) is 4.72. The lowest BCUT2D eigenvalue weighted by molar-refractivity contribution is -0.385. The Morgan fingerprint density at radius 2 is 1.79 bits per heavy atom. The number of nitro groups is 1. The molecule has 3 rings (SSSR count). The van der Waals surface area contributed by atoms with Crippen molar-refractivity contribution >= 4 is 17.4 Å². The zero-order valence-electron chi connectivity index (χ0n) is 16.5. The van der Waals surface area contributed by atoms with Gasteiger partial charge in [-0.05, 0) is 45.9 Å². The Morgan fingerprint density at radius 1 is 1.10 bits per heavy atom. The molecule has 1 amide bonds. The molecule has 0 bridgehead atoms. The van der Waals surface area contributed by atoms with Crippen LogP contribution in [-0.2, 0) is 4.79 Å². The molecule has 1 aromatic carbocycles. The molecular formula is C19H20N6O4. The number of nitro benzene ring substituents is 1. The lowest BCUT2D eigenvalue weighted by atomic mass is 10.2. The zero-order valence-corrected chi connectivity index (χ0v) is 16.5. The first kappa shape index (κ1) is 19.9. The van der Waals surface area contributed by atoms with E-state index in [2.05, 4.69) is 20.4 Å². The van der Waals surface area contributed by atoms with E-state index in [1.807, 2.05) is 19.9 Å². The van der Waals surface area contributed by atoms with Crippen molar-refractivity contribution in [3.05, 3.63) is 63.1 Å². The molecule has 3 aromatic rings. The summed E-state index contributed by atoms with van der Waals surface area (Å²) in [5, 5.41) is 18.0. The van der Waals surface area contributed by atoms with Gasteiger partial charge in [0.1, 0.15) is 11.6 Å². The van der Waals surface area contributed by atoms with Crippen molar-refractivity contribution in [1.29, 1.82) is 0 Å². The summed E-state index contributed by atoms with van der Waals surface area (Å²) in [5.41, 5.74) is 2.71. The average molecular weight is 396 g/mol. The van der Waals surface area contributed by atoms with Crippen LogP contribution in [0.15, 0.2) is 30.3 Å². The predicted octanol–water partition coefficient (Wildman–Crippen LogP) is 2.82. The quantitative estimate of drug-likeness (QED) is 0.501. The van der Waals surface area contributed by atoms with Crippen molar-refractivity contribution in [2.75, 3.05) is 11.9 Å². The van der Waals surface area contributed by atoms with Crippen LogP contribution < -0.4 is 10.1 Å². The van der Waals surface area contributed by atoms with Crippen molar-refractivity contribution in [3.8, 4) is 11.7 Å². The topological polar surface area (TPSA) is 125 Å². The normalized spacial score (nSPS) is 10.6. The summed E-state index contributed by atoms with van der Waals surface area (Å²) in [4.78, 5) is 31.5. The van der Waals surface area contributed by atoms with Gasteiger partial charge in [0, 0.05) is 29.1 Å². The molecule has 0 atom stereocenters. The van der Waals surface area contributed by atoms with Gasteiger partial charge in [-0.25, -0.2) is 9.97 Å². The SMILES string of the molecule is Cc1cc(C)nc(-n2nc(C)cc2NC(=O)COc2ccc([N+](=O)[O-])c(C)c2)n1. The van der Waals surface area contributed by atoms with Crippen LogP contribution >= 0.6 is 0 Å². The van der Waals surface area contributed by atoms with Gasteiger partial charge in [0.15, 0.2) is 6.61 Å². The number of carbonyl (C=O) groups excluding carboxylic acids is 1. The van der Waals surface area contributed by atoms with Crippen LogP contribution in [0.2, 0.25) is 0 Å². The van der Waals surface area contributed by atoms with Crippen LogP contribution in [-0.4, -0.2) is 37.2 Å². The van der Waals surface area contributed by atoms with Gasteiger partial charge in [-0.15, -0.1) is 0 Å². The maximum Gasteiger partial charge on any atom is 0.272 e. The maximum atomic E-state index is 12.3. The Balaban J connectivity index is 1.72. The minimum Gasteiger partial charge on any atom is -0.484 e. The lowest BCUT2D eigenvalue weighted by Gasteiger charge is -2.10. The zero-order chi connectivity index (χ0) is 21.1. The maximum absolute atomic E-state index is 12.3. The summed E-state index contributed by atoms with van der Waals surface area (Å²) in [6.45, 7) is 6.84. The molecule has 1 N–H and O–H groups in total. The van der Waals surface area contributed by atoms with E-state index in [9.17, 15) is 14.9 Å². The molecule has 0 aliphatic rings. The number of nitrogens with zero attached hydrogens (tertiary/aromatic N) is 5. The molecular weight excluding hydrogens is 376 g/mol. The number of benzene rings is 1. The molecule has 150 valence electrons. The molecule has 2 heterocycles. The average Bonchev–Trinajstić information content (AvgIpc) is 2.99.